The van der Waals surface area contributed by atoms with Gasteiger partial charge in [-0.05, 0) is 68.4 Å². The number of carbonyl (C=O) groups excluding carboxylic acids is 1. The molecule has 7 nitrogen and oxygen atoms in total. The number of aromatic nitrogens is 2. The highest BCUT2D eigenvalue weighted by Crippen LogP contribution is 2.20. The Morgan fingerprint density at radius 3 is 2.45 bits per heavy atom. The van der Waals surface area contributed by atoms with Gasteiger partial charge in [0.25, 0.3) is 5.56 Å². The molecule has 0 aliphatic carbocycles. The van der Waals surface area contributed by atoms with Crippen LogP contribution in [0.2, 0.25) is 0 Å². The van der Waals surface area contributed by atoms with Crippen LogP contribution in [-0.2, 0) is 4.79 Å². The molecule has 0 spiro atoms. The first-order valence-electron chi connectivity index (χ1n) is 9.16. The molecular formula is C22H20N4O3. The molecule has 29 heavy (non-hydrogen) atoms. The maximum atomic E-state index is 12.6. The molecule has 1 N–H and O–H groups in total. The number of hydrogen-bond acceptors (Lipinski definition) is 5. The Labute approximate surface area is 168 Å². The van der Waals surface area contributed by atoms with E-state index < -0.39 is 6.04 Å². The molecule has 1 heterocycles. The van der Waals surface area contributed by atoms with Gasteiger partial charge in [0, 0.05) is 17.3 Å². The van der Waals surface area contributed by atoms with Gasteiger partial charge >= 0.3 is 0 Å². The number of amides is 1. The molecule has 0 saturated carbocycles. The summed E-state index contributed by atoms with van der Waals surface area (Å²) in [5, 5.41) is 16.0. The van der Waals surface area contributed by atoms with Crippen LogP contribution in [0.1, 0.15) is 25.5 Å². The summed E-state index contributed by atoms with van der Waals surface area (Å²) < 4.78 is 6.59. The minimum atomic E-state index is -0.819. The van der Waals surface area contributed by atoms with Crippen molar-refractivity contribution in [3.05, 3.63) is 76.6 Å². The fourth-order valence-electron chi connectivity index (χ4n) is 2.73. The number of hydrogen-bond donors (Lipinski definition) is 1. The van der Waals surface area contributed by atoms with Crippen molar-refractivity contribution in [3.8, 4) is 23.1 Å². The summed E-state index contributed by atoms with van der Waals surface area (Å²) >= 11 is 0. The van der Waals surface area contributed by atoms with Crippen molar-refractivity contribution in [2.75, 3.05) is 11.9 Å². The molecule has 3 aromatic rings. The lowest BCUT2D eigenvalue weighted by molar-refractivity contribution is -0.119. The van der Waals surface area contributed by atoms with Crippen LogP contribution in [0.5, 0.6) is 5.75 Å². The van der Waals surface area contributed by atoms with Crippen LogP contribution in [0.25, 0.3) is 11.3 Å². The molecule has 1 amide bonds. The van der Waals surface area contributed by atoms with E-state index in [1.54, 1.807) is 37.3 Å². The molecule has 0 fully saturated rings. The fraction of sp³-hybridized carbons (Fsp3) is 0.182. The highest BCUT2D eigenvalue weighted by Gasteiger charge is 2.18. The molecule has 0 aliphatic heterocycles. The van der Waals surface area contributed by atoms with Gasteiger partial charge in [0.2, 0.25) is 5.91 Å². The highest BCUT2D eigenvalue weighted by molar-refractivity contribution is 5.93. The quantitative estimate of drug-likeness (QED) is 0.698. The largest absolute Gasteiger partial charge is 0.494 e. The Kier molecular flexibility index (Phi) is 6.05. The van der Waals surface area contributed by atoms with Crippen LogP contribution >= 0.6 is 0 Å². The Bertz CT molecular complexity index is 1100. The smallest absolute Gasteiger partial charge is 0.267 e. The van der Waals surface area contributed by atoms with Crippen LogP contribution in [0.3, 0.4) is 0 Å². The third kappa shape index (κ3) is 4.68. The summed E-state index contributed by atoms with van der Waals surface area (Å²) in [7, 11) is 0. The summed E-state index contributed by atoms with van der Waals surface area (Å²) in [6, 6.07) is 18.1. The number of nitrogens with zero attached hydrogens (tertiary/aromatic N) is 3. The molecular weight excluding hydrogens is 368 g/mol. The van der Waals surface area contributed by atoms with E-state index in [1.165, 1.54) is 6.07 Å². The first-order valence-corrected chi connectivity index (χ1v) is 9.16. The summed E-state index contributed by atoms with van der Waals surface area (Å²) in [6.07, 6.45) is 0. The predicted molar refractivity (Wildman–Crippen MR) is 110 cm³/mol. The van der Waals surface area contributed by atoms with Gasteiger partial charge in [0.1, 0.15) is 11.8 Å². The topological polar surface area (TPSA) is 97.0 Å². The van der Waals surface area contributed by atoms with Gasteiger partial charge in [-0.25, -0.2) is 4.68 Å². The Morgan fingerprint density at radius 1 is 1.14 bits per heavy atom. The van der Waals surface area contributed by atoms with E-state index in [0.717, 1.165) is 16.0 Å². The van der Waals surface area contributed by atoms with Gasteiger partial charge in [-0.2, -0.15) is 10.4 Å². The summed E-state index contributed by atoms with van der Waals surface area (Å²) in [6.45, 7) is 4.10. The third-order valence-corrected chi connectivity index (χ3v) is 4.31. The molecule has 0 radical (unpaired) electrons. The zero-order valence-electron chi connectivity index (χ0n) is 16.1. The second-order valence-corrected chi connectivity index (χ2v) is 6.31. The van der Waals surface area contributed by atoms with Gasteiger partial charge in [-0.1, -0.05) is 0 Å². The highest BCUT2D eigenvalue weighted by atomic mass is 16.5. The van der Waals surface area contributed by atoms with Crippen molar-refractivity contribution in [1.82, 2.24) is 9.78 Å². The first kappa shape index (κ1) is 19.8. The number of benzene rings is 2. The normalized spacial score (nSPS) is 11.3. The minimum absolute atomic E-state index is 0.373. The van der Waals surface area contributed by atoms with Crippen molar-refractivity contribution in [1.29, 1.82) is 5.26 Å². The molecule has 7 heteroatoms. The van der Waals surface area contributed by atoms with Crippen molar-refractivity contribution in [2.24, 2.45) is 0 Å². The number of nitrogens with one attached hydrogen (secondary N) is 1. The second-order valence-electron chi connectivity index (χ2n) is 6.31. The van der Waals surface area contributed by atoms with Crippen molar-refractivity contribution in [3.63, 3.8) is 0 Å². The number of rotatable bonds is 6. The maximum absolute atomic E-state index is 12.6. The van der Waals surface area contributed by atoms with Crippen molar-refractivity contribution < 1.29 is 9.53 Å². The van der Waals surface area contributed by atoms with Crippen LogP contribution in [-0.4, -0.2) is 22.3 Å². The molecule has 0 aliphatic rings. The summed E-state index contributed by atoms with van der Waals surface area (Å²) in [5.41, 5.74) is 2.04. The lowest BCUT2D eigenvalue weighted by Crippen LogP contribution is -2.33. The average molecular weight is 388 g/mol. The van der Waals surface area contributed by atoms with Gasteiger partial charge < -0.3 is 10.1 Å². The van der Waals surface area contributed by atoms with Gasteiger partial charge in [0.15, 0.2) is 0 Å². The minimum Gasteiger partial charge on any atom is -0.494 e. The molecule has 0 bridgehead atoms. The fourth-order valence-corrected chi connectivity index (χ4v) is 2.73. The van der Waals surface area contributed by atoms with E-state index >= 15 is 0 Å². The van der Waals surface area contributed by atoms with Gasteiger partial charge in [-0.15, -0.1) is 0 Å². The lowest BCUT2D eigenvalue weighted by atomic mass is 10.1. The number of nitriles is 1. The van der Waals surface area contributed by atoms with E-state index in [9.17, 15) is 9.59 Å². The monoisotopic (exact) mass is 388 g/mol. The second kappa shape index (κ2) is 8.85. The van der Waals surface area contributed by atoms with E-state index in [0.29, 0.717) is 23.6 Å². The standard InChI is InChI=1S/C22H20N4O3/c1-3-29-19-10-6-17(7-11-19)20-12-13-21(27)26(25-20)15(2)22(28)24-18-8-4-16(14-23)5-9-18/h4-13,15H,3H2,1-2H3,(H,24,28). The van der Waals surface area contributed by atoms with E-state index in [4.69, 9.17) is 10.00 Å². The molecule has 0 saturated heterocycles. The van der Waals surface area contributed by atoms with Crippen molar-refractivity contribution in [2.45, 2.75) is 19.9 Å². The lowest BCUT2D eigenvalue weighted by Gasteiger charge is -2.15. The Morgan fingerprint density at radius 2 is 1.83 bits per heavy atom. The average Bonchev–Trinajstić information content (AvgIpc) is 2.75. The Balaban J connectivity index is 1.81. The SMILES string of the molecule is CCOc1ccc(-c2ccc(=O)n(C(C)C(=O)Nc3ccc(C#N)cc3)n2)cc1. The van der Waals surface area contributed by atoms with Crippen molar-refractivity contribution >= 4 is 11.6 Å². The van der Waals surface area contributed by atoms with Crippen LogP contribution in [0.15, 0.2) is 65.5 Å². The zero-order chi connectivity index (χ0) is 20.8. The maximum Gasteiger partial charge on any atom is 0.267 e. The van der Waals surface area contributed by atoms with Gasteiger partial charge in [0.05, 0.1) is 23.9 Å². The summed E-state index contributed by atoms with van der Waals surface area (Å²) in [4.78, 5) is 24.9. The van der Waals surface area contributed by atoms with E-state index in [-0.39, 0.29) is 11.5 Å². The molecule has 1 atom stereocenters. The Hall–Kier alpha value is -3.92. The molecule has 2 aromatic carbocycles. The number of carbonyl (C=O) groups is 1. The van der Waals surface area contributed by atoms with Gasteiger partial charge in [-0.3, -0.25) is 9.59 Å². The van der Waals surface area contributed by atoms with E-state index in [1.807, 2.05) is 37.3 Å². The van der Waals surface area contributed by atoms with Crippen LogP contribution < -0.4 is 15.6 Å². The van der Waals surface area contributed by atoms with Crippen LogP contribution in [0.4, 0.5) is 5.69 Å². The first-order chi connectivity index (χ1) is 14.0. The predicted octanol–water partition coefficient (Wildman–Crippen LogP) is 3.38. The molecule has 146 valence electrons. The van der Waals surface area contributed by atoms with Crippen LogP contribution in [0, 0.1) is 11.3 Å². The third-order valence-electron chi connectivity index (χ3n) is 4.31. The number of anilines is 1. The number of ether oxygens (including phenoxy) is 1. The molecule has 1 aromatic heterocycles. The molecule has 1 unspecified atom stereocenters. The van der Waals surface area contributed by atoms with E-state index in [2.05, 4.69) is 10.4 Å². The summed E-state index contributed by atoms with van der Waals surface area (Å²) in [5.74, 6) is 0.368. The zero-order valence-corrected chi connectivity index (χ0v) is 16.1. The molecule has 3 rings (SSSR count).